The molecule has 0 spiro atoms. The molecule has 1 nitrogen and oxygen atoms in total. The van der Waals surface area contributed by atoms with Gasteiger partial charge in [0.25, 0.3) is 0 Å². The Labute approximate surface area is 139 Å². The van der Waals surface area contributed by atoms with E-state index in [-0.39, 0.29) is 0 Å². The molecule has 1 aromatic carbocycles. The third kappa shape index (κ3) is 3.26. The van der Waals surface area contributed by atoms with Crippen molar-refractivity contribution in [3.05, 3.63) is 54.3 Å². The molecule has 0 aliphatic heterocycles. The summed E-state index contributed by atoms with van der Waals surface area (Å²) in [4.78, 5) is 0. The molecule has 0 bridgehead atoms. The molecule has 1 unspecified atom stereocenters. The molecule has 0 aliphatic rings. The summed E-state index contributed by atoms with van der Waals surface area (Å²) in [6.45, 7) is 6.52. The fourth-order valence-corrected chi connectivity index (χ4v) is 4.02. The van der Waals surface area contributed by atoms with Gasteiger partial charge in [0.2, 0.25) is 0 Å². The molecule has 0 saturated heterocycles. The number of hydrogen-bond donors (Lipinski definition) is 1. The first kappa shape index (κ1) is 16.0. The highest BCUT2D eigenvalue weighted by atomic mass is 127. The van der Waals surface area contributed by atoms with Crippen LogP contribution in [0, 0.1) is 2.88 Å². The van der Waals surface area contributed by atoms with Gasteiger partial charge in [-0.1, -0.05) is 32.9 Å². The van der Waals surface area contributed by atoms with Crippen LogP contribution in [0.25, 0.3) is 0 Å². The molecule has 0 radical (unpaired) electrons. The third-order valence-electron chi connectivity index (χ3n) is 3.76. The van der Waals surface area contributed by atoms with E-state index in [0.29, 0.717) is 0 Å². The minimum Gasteiger partial charge on any atom is -0.384 e. The summed E-state index contributed by atoms with van der Waals surface area (Å²) in [6, 6.07) is 6.60. The van der Waals surface area contributed by atoms with Crippen molar-refractivity contribution < 1.29 is 5.11 Å². The average Bonchev–Trinajstić information content (AvgIpc) is 2.91. The molecule has 108 valence electrons. The number of aliphatic hydroxyl groups excluding tert-OH is 1. The Morgan fingerprint density at radius 3 is 2.05 bits per heavy atom. The summed E-state index contributed by atoms with van der Waals surface area (Å²) in [5.74, 6) is 0. The number of hydrogen-bond acceptors (Lipinski definition) is 2. The first-order valence-electron chi connectivity index (χ1n) is 7.17. The van der Waals surface area contributed by atoms with Crippen molar-refractivity contribution in [1.29, 1.82) is 0 Å². The highest BCUT2D eigenvalue weighted by Crippen LogP contribution is 2.33. The Kier molecular flexibility index (Phi) is 5.64. The summed E-state index contributed by atoms with van der Waals surface area (Å²) in [5.41, 5.74) is 6.09. The maximum atomic E-state index is 10.8. The van der Waals surface area contributed by atoms with E-state index in [0.717, 1.165) is 30.4 Å². The van der Waals surface area contributed by atoms with Gasteiger partial charge in [-0.15, -0.1) is 11.3 Å². The summed E-state index contributed by atoms with van der Waals surface area (Å²) in [7, 11) is 0. The maximum absolute atomic E-state index is 10.8. The highest BCUT2D eigenvalue weighted by Gasteiger charge is 2.19. The first-order chi connectivity index (χ1) is 9.60. The molecule has 1 atom stereocenters. The Hall–Kier alpha value is -0.390. The van der Waals surface area contributed by atoms with Crippen LogP contribution in [0.4, 0.5) is 0 Å². The van der Waals surface area contributed by atoms with Crippen molar-refractivity contribution in [2.24, 2.45) is 0 Å². The van der Waals surface area contributed by atoms with Crippen molar-refractivity contribution in [2.45, 2.75) is 46.1 Å². The van der Waals surface area contributed by atoms with Gasteiger partial charge >= 0.3 is 0 Å². The van der Waals surface area contributed by atoms with Crippen LogP contribution in [-0.2, 0) is 19.3 Å². The van der Waals surface area contributed by atoms with Crippen LogP contribution in [0.15, 0.2) is 23.6 Å². The third-order valence-corrected chi connectivity index (χ3v) is 5.57. The van der Waals surface area contributed by atoms with Gasteiger partial charge in [0.05, 0.1) is 2.88 Å². The second-order valence-corrected chi connectivity index (χ2v) is 7.78. The van der Waals surface area contributed by atoms with Crippen molar-refractivity contribution >= 4 is 33.9 Å². The lowest BCUT2D eigenvalue weighted by molar-refractivity contribution is 0.218. The first-order valence-corrected chi connectivity index (χ1v) is 9.13. The predicted octanol–water partition coefficient (Wildman–Crippen LogP) is 5.12. The lowest BCUT2D eigenvalue weighted by Gasteiger charge is -2.20. The predicted molar refractivity (Wildman–Crippen MR) is 95.7 cm³/mol. The molecule has 0 amide bonds. The number of aliphatic hydroxyl groups is 1. The monoisotopic (exact) mass is 400 g/mol. The molecule has 0 saturated carbocycles. The zero-order valence-electron chi connectivity index (χ0n) is 12.2. The van der Waals surface area contributed by atoms with E-state index in [1.54, 1.807) is 11.3 Å². The topological polar surface area (TPSA) is 20.2 Å². The van der Waals surface area contributed by atoms with Crippen LogP contribution in [-0.4, -0.2) is 5.11 Å². The van der Waals surface area contributed by atoms with E-state index in [9.17, 15) is 5.11 Å². The zero-order valence-corrected chi connectivity index (χ0v) is 15.2. The molecule has 0 aliphatic carbocycles. The van der Waals surface area contributed by atoms with Crippen LogP contribution in [0.1, 0.15) is 54.7 Å². The van der Waals surface area contributed by atoms with Gasteiger partial charge in [-0.3, -0.25) is 0 Å². The normalized spacial score (nSPS) is 12.7. The van der Waals surface area contributed by atoms with Crippen molar-refractivity contribution in [3.63, 3.8) is 0 Å². The average molecular weight is 400 g/mol. The van der Waals surface area contributed by atoms with Gasteiger partial charge in [-0.05, 0) is 81.1 Å². The number of aryl methyl sites for hydroxylation is 3. The second kappa shape index (κ2) is 7.05. The molecular weight excluding hydrogens is 379 g/mol. The van der Waals surface area contributed by atoms with E-state index in [4.69, 9.17) is 0 Å². The molecule has 1 N–H and O–H groups in total. The van der Waals surface area contributed by atoms with Crippen LogP contribution in [0.5, 0.6) is 0 Å². The van der Waals surface area contributed by atoms with E-state index in [2.05, 4.69) is 66.9 Å². The summed E-state index contributed by atoms with van der Waals surface area (Å²) >= 11 is 4.00. The molecule has 20 heavy (non-hydrogen) atoms. The largest absolute Gasteiger partial charge is 0.384 e. The minimum absolute atomic E-state index is 0.495. The number of rotatable bonds is 5. The smallest absolute Gasteiger partial charge is 0.105 e. The number of thiophene rings is 1. The van der Waals surface area contributed by atoms with Gasteiger partial charge in [0.1, 0.15) is 6.10 Å². The number of benzene rings is 1. The Balaban J connectivity index is 2.53. The van der Waals surface area contributed by atoms with E-state index in [1.807, 2.05) is 0 Å². The Morgan fingerprint density at radius 1 is 1.05 bits per heavy atom. The van der Waals surface area contributed by atoms with Gasteiger partial charge < -0.3 is 5.11 Å². The Bertz CT molecular complexity index is 563. The molecule has 1 heterocycles. The Morgan fingerprint density at radius 2 is 1.65 bits per heavy atom. The molecule has 1 aromatic heterocycles. The molecule has 3 heteroatoms. The maximum Gasteiger partial charge on any atom is 0.105 e. The quantitative estimate of drug-likeness (QED) is 0.691. The van der Waals surface area contributed by atoms with Crippen LogP contribution < -0.4 is 0 Å². The lowest BCUT2D eigenvalue weighted by atomic mass is 9.88. The van der Waals surface area contributed by atoms with Crippen molar-refractivity contribution in [1.82, 2.24) is 0 Å². The van der Waals surface area contributed by atoms with Crippen LogP contribution >= 0.6 is 33.9 Å². The van der Waals surface area contributed by atoms with Gasteiger partial charge in [0.15, 0.2) is 0 Å². The lowest BCUT2D eigenvalue weighted by Crippen LogP contribution is -2.08. The van der Waals surface area contributed by atoms with Crippen LogP contribution in [0.3, 0.4) is 0 Å². The van der Waals surface area contributed by atoms with E-state index >= 15 is 0 Å². The van der Waals surface area contributed by atoms with Gasteiger partial charge in [0, 0.05) is 0 Å². The van der Waals surface area contributed by atoms with E-state index in [1.165, 1.54) is 19.6 Å². The number of halogens is 1. The fourth-order valence-electron chi connectivity index (χ4n) is 2.62. The highest BCUT2D eigenvalue weighted by molar-refractivity contribution is 14.1. The molecular formula is C17H21IOS. The SMILES string of the molecule is CCc1cc(CC)c(C(O)c2csc(I)c2)c(CC)c1. The standard InChI is InChI=1S/C17H21IOS/c1-4-11-7-12(5-2)16(13(6-3)8-11)17(19)14-9-15(18)20-10-14/h7-10,17,19H,4-6H2,1-3H3. The molecule has 0 fully saturated rings. The molecule has 2 aromatic rings. The van der Waals surface area contributed by atoms with Crippen molar-refractivity contribution in [3.8, 4) is 0 Å². The van der Waals surface area contributed by atoms with E-state index < -0.39 is 6.10 Å². The zero-order chi connectivity index (χ0) is 14.7. The summed E-state index contributed by atoms with van der Waals surface area (Å²) in [5, 5.41) is 12.9. The summed E-state index contributed by atoms with van der Waals surface area (Å²) in [6.07, 6.45) is 2.49. The summed E-state index contributed by atoms with van der Waals surface area (Å²) < 4.78 is 1.22. The van der Waals surface area contributed by atoms with Gasteiger partial charge in [-0.25, -0.2) is 0 Å². The second-order valence-electron chi connectivity index (χ2n) is 4.98. The van der Waals surface area contributed by atoms with Crippen LogP contribution in [0.2, 0.25) is 0 Å². The molecule has 2 rings (SSSR count). The fraction of sp³-hybridized carbons (Fsp3) is 0.412. The van der Waals surface area contributed by atoms with Crippen molar-refractivity contribution in [2.75, 3.05) is 0 Å². The van der Waals surface area contributed by atoms with Gasteiger partial charge in [-0.2, -0.15) is 0 Å². The minimum atomic E-state index is -0.495.